The fraction of sp³-hybridized carbons (Fsp3) is 0.227. The summed E-state index contributed by atoms with van der Waals surface area (Å²) in [7, 11) is -3.36. The zero-order valence-corrected chi connectivity index (χ0v) is 19.3. The summed E-state index contributed by atoms with van der Waals surface area (Å²) in [5, 5.41) is 11.8. The molecule has 0 saturated carbocycles. The summed E-state index contributed by atoms with van der Waals surface area (Å²) >= 11 is 1.13. The Bertz CT molecular complexity index is 1310. The fourth-order valence-electron chi connectivity index (χ4n) is 3.46. The van der Waals surface area contributed by atoms with E-state index in [1.807, 2.05) is 24.3 Å². The van der Waals surface area contributed by atoms with Crippen molar-refractivity contribution in [2.24, 2.45) is 0 Å². The second-order valence-electron chi connectivity index (χ2n) is 7.77. The van der Waals surface area contributed by atoms with Gasteiger partial charge in [0.15, 0.2) is 15.7 Å². The zero-order chi connectivity index (χ0) is 23.0. The van der Waals surface area contributed by atoms with Crippen LogP contribution in [0, 0.1) is 0 Å². The molecule has 10 heteroatoms. The molecule has 0 saturated heterocycles. The van der Waals surface area contributed by atoms with Crippen molar-refractivity contribution >= 4 is 38.7 Å². The van der Waals surface area contributed by atoms with Crippen LogP contribution in [0.25, 0.3) is 16.3 Å². The Labute approximate surface area is 190 Å². The quantitative estimate of drug-likeness (QED) is 0.562. The molecular formula is C22H22N4O4S2. The second-order valence-corrected chi connectivity index (χ2v) is 10.5. The normalized spacial score (nSPS) is 16.4. The van der Waals surface area contributed by atoms with Crippen LogP contribution in [0.2, 0.25) is 0 Å². The average Bonchev–Trinajstić information content (AvgIpc) is 3.40. The largest absolute Gasteiger partial charge is 0.480 e. The monoisotopic (exact) mass is 470 g/mol. The smallest absolute Gasteiger partial charge is 0.326 e. The molecule has 32 heavy (non-hydrogen) atoms. The first-order valence-corrected chi connectivity index (χ1v) is 12.6. The van der Waals surface area contributed by atoms with Crippen molar-refractivity contribution in [3.8, 4) is 10.6 Å². The van der Waals surface area contributed by atoms with E-state index < -0.39 is 21.8 Å². The van der Waals surface area contributed by atoms with Gasteiger partial charge in [0, 0.05) is 11.8 Å². The van der Waals surface area contributed by atoms with Crippen LogP contribution in [0.3, 0.4) is 0 Å². The van der Waals surface area contributed by atoms with E-state index in [0.717, 1.165) is 29.0 Å². The molecule has 2 heterocycles. The Morgan fingerprint density at radius 1 is 1.19 bits per heavy atom. The van der Waals surface area contributed by atoms with Crippen LogP contribution in [0.1, 0.15) is 31.2 Å². The molecule has 1 aliphatic rings. The van der Waals surface area contributed by atoms with E-state index in [-0.39, 0.29) is 10.8 Å². The molecule has 0 fully saturated rings. The first kappa shape index (κ1) is 22.1. The molecule has 0 aliphatic carbocycles. The molecule has 1 atom stereocenters. The predicted octanol–water partition coefficient (Wildman–Crippen LogP) is 3.55. The Balaban J connectivity index is 1.76. The van der Waals surface area contributed by atoms with Crippen LogP contribution in [0.4, 0.5) is 5.69 Å². The van der Waals surface area contributed by atoms with E-state index in [2.05, 4.69) is 28.6 Å². The third-order valence-corrected chi connectivity index (χ3v) is 6.94. The van der Waals surface area contributed by atoms with Crippen molar-refractivity contribution in [1.82, 2.24) is 14.8 Å². The highest BCUT2D eigenvalue weighted by molar-refractivity contribution is 7.90. The van der Waals surface area contributed by atoms with Crippen molar-refractivity contribution in [2.45, 2.75) is 30.7 Å². The number of benzene rings is 2. The number of aliphatic carboxylic acids is 1. The van der Waals surface area contributed by atoms with Crippen LogP contribution in [-0.4, -0.2) is 41.1 Å². The number of rotatable bonds is 6. The Morgan fingerprint density at radius 2 is 1.94 bits per heavy atom. The molecular weight excluding hydrogens is 448 g/mol. The molecule has 166 valence electrons. The summed E-state index contributed by atoms with van der Waals surface area (Å²) in [6.07, 6.45) is 2.74. The van der Waals surface area contributed by atoms with E-state index >= 15 is 0 Å². The highest BCUT2D eigenvalue weighted by atomic mass is 32.2. The van der Waals surface area contributed by atoms with Crippen LogP contribution in [0.5, 0.6) is 0 Å². The topological polar surface area (TPSA) is 112 Å². The fourth-order valence-corrected chi connectivity index (χ4v) is 4.80. The molecule has 2 aromatic carbocycles. The van der Waals surface area contributed by atoms with Crippen LogP contribution in [-0.2, 0) is 14.6 Å². The number of aromatic nitrogens is 2. The van der Waals surface area contributed by atoms with Crippen molar-refractivity contribution in [1.29, 1.82) is 0 Å². The van der Waals surface area contributed by atoms with Gasteiger partial charge in [0.25, 0.3) is 0 Å². The molecule has 1 aromatic heterocycles. The Kier molecular flexibility index (Phi) is 5.85. The van der Waals surface area contributed by atoms with Crippen molar-refractivity contribution < 1.29 is 18.3 Å². The van der Waals surface area contributed by atoms with Gasteiger partial charge in [-0.1, -0.05) is 44.2 Å². The summed E-state index contributed by atoms with van der Waals surface area (Å²) in [4.78, 5) is 16.5. The lowest BCUT2D eigenvalue weighted by Gasteiger charge is -2.26. The van der Waals surface area contributed by atoms with Crippen molar-refractivity contribution in [2.75, 3.05) is 11.3 Å². The SMILES string of the molecule is CC(C)c1ccccc1N1NC(C(=O)O)C=C1c1nsc(-c2cccc(S(C)(=O)=O)c2)n1. The average molecular weight is 471 g/mol. The van der Waals surface area contributed by atoms with E-state index in [1.165, 1.54) is 6.07 Å². The number of hydrogen-bond donors (Lipinski definition) is 2. The number of nitrogens with zero attached hydrogens (tertiary/aromatic N) is 3. The second kappa shape index (κ2) is 8.45. The van der Waals surface area contributed by atoms with Crippen molar-refractivity contribution in [3.63, 3.8) is 0 Å². The van der Waals surface area contributed by atoms with Gasteiger partial charge >= 0.3 is 5.97 Å². The number of hydrazine groups is 1. The highest BCUT2D eigenvalue weighted by Gasteiger charge is 2.33. The Morgan fingerprint density at radius 3 is 2.62 bits per heavy atom. The molecule has 8 nitrogen and oxygen atoms in total. The lowest BCUT2D eigenvalue weighted by molar-refractivity contribution is -0.137. The molecule has 0 radical (unpaired) electrons. The lowest BCUT2D eigenvalue weighted by Crippen LogP contribution is -2.41. The standard InChI is InChI=1S/C22H22N4O4S2/c1-13(2)16-9-4-5-10-18(16)26-19(12-17(24-26)22(27)28)20-23-21(31-25-20)14-7-6-8-15(11-14)32(3,29)30/h4-13,17,24H,1-3H3,(H,27,28). The number of hydrogen-bond acceptors (Lipinski definition) is 8. The van der Waals surface area contributed by atoms with Crippen LogP contribution in [0.15, 0.2) is 59.5 Å². The van der Waals surface area contributed by atoms with E-state index in [9.17, 15) is 18.3 Å². The summed E-state index contributed by atoms with van der Waals surface area (Å²) in [6.45, 7) is 4.14. The van der Waals surface area contributed by atoms with Gasteiger partial charge in [0.1, 0.15) is 16.7 Å². The minimum absolute atomic E-state index is 0.201. The van der Waals surface area contributed by atoms with Crippen molar-refractivity contribution in [3.05, 3.63) is 66.0 Å². The molecule has 1 aliphatic heterocycles. The first-order chi connectivity index (χ1) is 15.1. The number of anilines is 1. The highest BCUT2D eigenvalue weighted by Crippen LogP contribution is 2.35. The molecule has 0 bridgehead atoms. The third kappa shape index (κ3) is 4.29. The van der Waals surface area contributed by atoms with Crippen LogP contribution >= 0.6 is 11.5 Å². The molecule has 4 rings (SSSR count). The van der Waals surface area contributed by atoms with E-state index in [0.29, 0.717) is 22.1 Å². The summed E-state index contributed by atoms with van der Waals surface area (Å²) < 4.78 is 28.3. The van der Waals surface area contributed by atoms with Gasteiger partial charge in [-0.15, -0.1) is 0 Å². The van der Waals surface area contributed by atoms with E-state index in [4.69, 9.17) is 0 Å². The summed E-state index contributed by atoms with van der Waals surface area (Å²) in [5.74, 6) is -0.427. The molecule has 3 aromatic rings. The maximum Gasteiger partial charge on any atom is 0.326 e. The van der Waals surface area contributed by atoms with Crippen LogP contribution < -0.4 is 10.4 Å². The number of para-hydroxylation sites is 1. The minimum Gasteiger partial charge on any atom is -0.480 e. The van der Waals surface area contributed by atoms with Gasteiger partial charge in [0.05, 0.1) is 10.6 Å². The lowest BCUT2D eigenvalue weighted by atomic mass is 10.0. The number of sulfone groups is 1. The van der Waals surface area contributed by atoms with Gasteiger partial charge < -0.3 is 5.11 Å². The number of carboxylic acids is 1. The number of nitrogens with one attached hydrogen (secondary N) is 1. The third-order valence-electron chi connectivity index (χ3n) is 5.06. The molecule has 0 spiro atoms. The maximum absolute atomic E-state index is 11.9. The number of carbonyl (C=O) groups is 1. The molecule has 0 amide bonds. The number of carboxylic acid groups (broad SMARTS) is 1. The minimum atomic E-state index is -3.36. The molecule has 2 N–H and O–H groups in total. The maximum atomic E-state index is 11.9. The van der Waals surface area contributed by atoms with Gasteiger partial charge in [0.2, 0.25) is 0 Å². The van der Waals surface area contributed by atoms with Gasteiger partial charge in [-0.25, -0.2) is 18.8 Å². The Hall–Kier alpha value is -3.08. The van der Waals surface area contributed by atoms with Gasteiger partial charge in [-0.2, -0.15) is 4.37 Å². The van der Waals surface area contributed by atoms with Gasteiger partial charge in [-0.3, -0.25) is 9.80 Å². The zero-order valence-electron chi connectivity index (χ0n) is 17.7. The van der Waals surface area contributed by atoms with E-state index in [1.54, 1.807) is 29.3 Å². The summed E-state index contributed by atoms with van der Waals surface area (Å²) in [6, 6.07) is 13.4. The predicted molar refractivity (Wildman–Crippen MR) is 124 cm³/mol. The molecule has 1 unspecified atom stereocenters. The van der Waals surface area contributed by atoms with Gasteiger partial charge in [-0.05, 0) is 47.3 Å². The summed E-state index contributed by atoms with van der Waals surface area (Å²) in [5.41, 5.74) is 6.06. The first-order valence-electron chi connectivity index (χ1n) is 9.89.